The Bertz CT molecular complexity index is 676. The Hall–Kier alpha value is -1.52. The van der Waals surface area contributed by atoms with Gasteiger partial charge in [-0.05, 0) is 43.0 Å². The van der Waals surface area contributed by atoms with Crippen LogP contribution in [0.1, 0.15) is 23.1 Å². The van der Waals surface area contributed by atoms with Gasteiger partial charge in [0.05, 0.1) is 5.75 Å². The third-order valence-electron chi connectivity index (χ3n) is 3.59. The van der Waals surface area contributed by atoms with Crippen molar-refractivity contribution in [1.29, 1.82) is 0 Å². The third kappa shape index (κ3) is 6.54. The van der Waals surface area contributed by atoms with Crippen LogP contribution in [0.4, 0.5) is 4.39 Å². The second kappa shape index (κ2) is 9.70. The molecule has 0 unspecified atom stereocenters. The molecule has 2 nitrogen and oxygen atoms in total. The van der Waals surface area contributed by atoms with Crippen molar-refractivity contribution < 1.29 is 9.18 Å². The Morgan fingerprint density at radius 3 is 2.67 bits per heavy atom. The molecule has 0 atom stereocenters. The van der Waals surface area contributed by atoms with Crippen LogP contribution in [0, 0.1) is 12.7 Å². The van der Waals surface area contributed by atoms with Crippen LogP contribution in [-0.4, -0.2) is 18.2 Å². The van der Waals surface area contributed by atoms with E-state index in [9.17, 15) is 9.18 Å². The van der Waals surface area contributed by atoms with Crippen molar-refractivity contribution in [3.63, 3.8) is 0 Å². The molecule has 0 heterocycles. The van der Waals surface area contributed by atoms with E-state index in [0.717, 1.165) is 12.8 Å². The summed E-state index contributed by atoms with van der Waals surface area (Å²) in [5.74, 6) is 0.443. The van der Waals surface area contributed by atoms with Crippen LogP contribution < -0.4 is 5.32 Å². The van der Waals surface area contributed by atoms with Gasteiger partial charge in [0.2, 0.25) is 5.91 Å². The fraction of sp³-hybridized carbons (Fsp3) is 0.316. The van der Waals surface area contributed by atoms with Crippen LogP contribution in [-0.2, 0) is 17.0 Å². The minimum atomic E-state index is -0.325. The van der Waals surface area contributed by atoms with Crippen LogP contribution in [0.2, 0.25) is 5.02 Å². The van der Waals surface area contributed by atoms with Crippen LogP contribution in [0.5, 0.6) is 0 Å². The predicted octanol–water partition coefficient (Wildman–Crippen LogP) is 4.77. The minimum absolute atomic E-state index is 0.0155. The largest absolute Gasteiger partial charge is 0.355 e. The molecule has 0 spiro atoms. The highest BCUT2D eigenvalue weighted by Crippen LogP contribution is 2.19. The molecular weight excluding hydrogens is 345 g/mol. The highest BCUT2D eigenvalue weighted by molar-refractivity contribution is 7.99. The zero-order valence-corrected chi connectivity index (χ0v) is 15.2. The normalized spacial score (nSPS) is 10.6. The molecule has 2 aromatic rings. The topological polar surface area (TPSA) is 29.1 Å². The molecule has 0 fully saturated rings. The van der Waals surface area contributed by atoms with Crippen LogP contribution in [0.15, 0.2) is 42.5 Å². The van der Waals surface area contributed by atoms with Crippen LogP contribution in [0.3, 0.4) is 0 Å². The van der Waals surface area contributed by atoms with Crippen molar-refractivity contribution in [1.82, 2.24) is 5.32 Å². The van der Waals surface area contributed by atoms with Gasteiger partial charge in [-0.3, -0.25) is 4.79 Å². The Labute approximate surface area is 151 Å². The smallest absolute Gasteiger partial charge is 0.230 e. The summed E-state index contributed by atoms with van der Waals surface area (Å²) in [4.78, 5) is 11.8. The van der Waals surface area contributed by atoms with E-state index in [-0.39, 0.29) is 11.7 Å². The first kappa shape index (κ1) is 18.8. The van der Waals surface area contributed by atoms with Gasteiger partial charge in [-0.1, -0.05) is 47.5 Å². The number of carbonyl (C=O) groups excluding carboxylic acids is 1. The molecule has 0 saturated heterocycles. The molecule has 2 aromatic carbocycles. The highest BCUT2D eigenvalue weighted by Gasteiger charge is 2.06. The zero-order valence-electron chi connectivity index (χ0n) is 13.6. The first-order valence-electron chi connectivity index (χ1n) is 7.88. The molecule has 1 N–H and O–H groups in total. The predicted molar refractivity (Wildman–Crippen MR) is 100 cm³/mol. The number of hydrogen-bond donors (Lipinski definition) is 1. The number of amides is 1. The molecule has 1 amide bonds. The number of rotatable bonds is 8. The van der Waals surface area contributed by atoms with Gasteiger partial charge in [0.15, 0.2) is 0 Å². The van der Waals surface area contributed by atoms with Gasteiger partial charge in [0, 0.05) is 17.3 Å². The van der Waals surface area contributed by atoms with Crippen molar-refractivity contribution in [2.24, 2.45) is 0 Å². The second-order valence-electron chi connectivity index (χ2n) is 5.67. The van der Waals surface area contributed by atoms with Gasteiger partial charge in [0.25, 0.3) is 0 Å². The lowest BCUT2D eigenvalue weighted by Crippen LogP contribution is -2.26. The number of thioether (sulfide) groups is 1. The zero-order chi connectivity index (χ0) is 17.4. The average molecular weight is 366 g/mol. The molecule has 0 aliphatic carbocycles. The van der Waals surface area contributed by atoms with E-state index in [1.807, 2.05) is 0 Å². The van der Waals surface area contributed by atoms with E-state index < -0.39 is 0 Å². The Morgan fingerprint density at radius 1 is 1.21 bits per heavy atom. The molecule has 0 saturated carbocycles. The van der Waals surface area contributed by atoms with Gasteiger partial charge in [-0.15, -0.1) is 11.8 Å². The van der Waals surface area contributed by atoms with Gasteiger partial charge >= 0.3 is 0 Å². The lowest BCUT2D eigenvalue weighted by molar-refractivity contribution is -0.118. The van der Waals surface area contributed by atoms with Gasteiger partial charge in [-0.2, -0.15) is 0 Å². The monoisotopic (exact) mass is 365 g/mol. The summed E-state index contributed by atoms with van der Waals surface area (Å²) in [5, 5.41) is 3.28. The van der Waals surface area contributed by atoms with Crippen molar-refractivity contribution in [3.05, 3.63) is 70.0 Å². The second-order valence-corrected chi connectivity index (χ2v) is 7.09. The van der Waals surface area contributed by atoms with Crippen molar-refractivity contribution in [3.8, 4) is 0 Å². The number of hydrogen-bond acceptors (Lipinski definition) is 2. The maximum absolute atomic E-state index is 13.6. The maximum Gasteiger partial charge on any atom is 0.230 e. The lowest BCUT2D eigenvalue weighted by Gasteiger charge is -2.06. The maximum atomic E-state index is 13.6. The van der Waals surface area contributed by atoms with Crippen molar-refractivity contribution in [2.45, 2.75) is 25.5 Å². The summed E-state index contributed by atoms with van der Waals surface area (Å²) >= 11 is 7.11. The van der Waals surface area contributed by atoms with E-state index in [0.29, 0.717) is 28.6 Å². The number of nitrogens with one attached hydrogen (secondary N) is 1. The molecule has 5 heteroatoms. The molecule has 0 aromatic heterocycles. The fourth-order valence-electron chi connectivity index (χ4n) is 2.22. The van der Waals surface area contributed by atoms with E-state index in [1.54, 1.807) is 12.1 Å². The Kier molecular flexibility index (Phi) is 7.60. The van der Waals surface area contributed by atoms with Crippen LogP contribution in [0.25, 0.3) is 0 Å². The first-order chi connectivity index (χ1) is 11.5. The molecule has 0 radical (unpaired) electrons. The molecular formula is C19H21ClFNOS. The summed E-state index contributed by atoms with van der Waals surface area (Å²) < 4.78 is 13.6. The molecule has 128 valence electrons. The standard InChI is InChI=1S/C19H21ClFNOS/c1-14-4-6-15(7-5-14)3-2-10-22-19(23)13-24-12-16-8-9-17(20)11-18(16)21/h4-9,11H,2-3,10,12-13H2,1H3,(H,22,23). The summed E-state index contributed by atoms with van der Waals surface area (Å²) in [6, 6.07) is 13.0. The third-order valence-corrected chi connectivity index (χ3v) is 4.81. The Morgan fingerprint density at radius 2 is 1.96 bits per heavy atom. The molecule has 2 rings (SSSR count). The fourth-order valence-corrected chi connectivity index (χ4v) is 3.22. The Balaban J connectivity index is 1.60. The number of halogens is 2. The van der Waals surface area contributed by atoms with Gasteiger partial charge in [-0.25, -0.2) is 4.39 Å². The van der Waals surface area contributed by atoms with E-state index in [4.69, 9.17) is 11.6 Å². The lowest BCUT2D eigenvalue weighted by atomic mass is 10.1. The molecule has 0 aliphatic rings. The van der Waals surface area contributed by atoms with E-state index in [2.05, 4.69) is 36.5 Å². The summed E-state index contributed by atoms with van der Waals surface area (Å²) in [6.07, 6.45) is 1.86. The first-order valence-corrected chi connectivity index (χ1v) is 9.42. The van der Waals surface area contributed by atoms with Crippen molar-refractivity contribution >= 4 is 29.3 Å². The average Bonchev–Trinajstić information content (AvgIpc) is 2.55. The van der Waals surface area contributed by atoms with Crippen LogP contribution >= 0.6 is 23.4 Å². The number of benzene rings is 2. The minimum Gasteiger partial charge on any atom is -0.355 e. The summed E-state index contributed by atoms with van der Waals surface area (Å²) in [6.45, 7) is 2.72. The molecule has 0 aliphatic heterocycles. The quantitative estimate of drug-likeness (QED) is 0.683. The summed E-state index contributed by atoms with van der Waals surface area (Å²) in [5.41, 5.74) is 3.10. The number of carbonyl (C=O) groups is 1. The van der Waals surface area contributed by atoms with Gasteiger partial charge in [0.1, 0.15) is 5.82 Å². The molecule has 0 bridgehead atoms. The molecule has 24 heavy (non-hydrogen) atoms. The number of aryl methyl sites for hydroxylation is 2. The highest BCUT2D eigenvalue weighted by atomic mass is 35.5. The van der Waals surface area contributed by atoms with E-state index >= 15 is 0 Å². The van der Waals surface area contributed by atoms with Gasteiger partial charge < -0.3 is 5.32 Å². The SMILES string of the molecule is Cc1ccc(CCCNC(=O)CSCc2ccc(Cl)cc2F)cc1. The van der Waals surface area contributed by atoms with Crippen molar-refractivity contribution in [2.75, 3.05) is 12.3 Å². The summed E-state index contributed by atoms with van der Waals surface area (Å²) in [7, 11) is 0. The van der Waals surface area contributed by atoms with E-state index in [1.165, 1.54) is 29.0 Å².